The molecule has 0 aromatic rings. The van der Waals surface area contributed by atoms with E-state index in [1.165, 1.54) is 96.3 Å². The Morgan fingerprint density at radius 2 is 0.849 bits per heavy atom. The lowest BCUT2D eigenvalue weighted by atomic mass is 10.1. The summed E-state index contributed by atoms with van der Waals surface area (Å²) in [5.74, 6) is -0.591. The third-order valence-corrected chi connectivity index (χ3v) is 13.5. The summed E-state index contributed by atoms with van der Waals surface area (Å²) in [6, 6.07) is -0.887. The summed E-state index contributed by atoms with van der Waals surface area (Å²) in [6.45, 7) is 6.88. The second kappa shape index (κ2) is 52.4. The van der Waals surface area contributed by atoms with Gasteiger partial charge in [0.05, 0.1) is 33.8 Å². The lowest BCUT2D eigenvalue weighted by molar-refractivity contribution is -0.870. The van der Waals surface area contributed by atoms with Crippen LogP contribution in [-0.4, -0.2) is 74.3 Å². The molecule has 0 aliphatic carbocycles. The number of unbranched alkanes of at least 4 members (excludes halogenated alkanes) is 22. The highest BCUT2D eigenvalue weighted by Crippen LogP contribution is 2.43. The molecule has 9 nitrogen and oxygen atoms in total. The summed E-state index contributed by atoms with van der Waals surface area (Å²) >= 11 is 0. The van der Waals surface area contributed by atoms with Crippen molar-refractivity contribution in [3.8, 4) is 0 Å². The molecule has 420 valence electrons. The molecule has 0 radical (unpaired) electrons. The van der Waals surface area contributed by atoms with Gasteiger partial charge in [0, 0.05) is 12.8 Å². The second-order valence-electron chi connectivity index (χ2n) is 20.8. The lowest BCUT2D eigenvalue weighted by Crippen LogP contribution is -2.47. The zero-order valence-electron chi connectivity index (χ0n) is 47.8. The maximum absolute atomic E-state index is 13.5. The van der Waals surface area contributed by atoms with Crippen LogP contribution in [0.4, 0.5) is 0 Å². The van der Waals surface area contributed by atoms with Gasteiger partial charge < -0.3 is 19.4 Å². The van der Waals surface area contributed by atoms with Crippen LogP contribution in [0.3, 0.4) is 0 Å². The molecule has 0 fully saturated rings. The fourth-order valence-electron chi connectivity index (χ4n) is 7.88. The van der Waals surface area contributed by atoms with Crippen LogP contribution in [0, 0.1) is 0 Å². The van der Waals surface area contributed by atoms with Gasteiger partial charge in [0.2, 0.25) is 5.91 Å². The van der Waals surface area contributed by atoms with Gasteiger partial charge in [-0.3, -0.25) is 18.6 Å². The van der Waals surface area contributed by atoms with Crippen molar-refractivity contribution in [1.82, 2.24) is 5.32 Å². The van der Waals surface area contributed by atoms with Gasteiger partial charge in [0.1, 0.15) is 19.3 Å². The van der Waals surface area contributed by atoms with Crippen LogP contribution in [0.25, 0.3) is 0 Å². The SMILES string of the molecule is CCCCC/C=C\C/C=C\C/C=C\C/C=C\CCCC(=O)NC(COP(=O)(O)OCC[N+](C)(C)C)C(/C=C/CCCCCCCCCCC)OC(=O)CCCCCCCC/C=C\C/C=C\C/C=C\CCCCC. The molecule has 0 rings (SSSR count). The largest absolute Gasteiger partial charge is 0.472 e. The van der Waals surface area contributed by atoms with Crippen molar-refractivity contribution >= 4 is 19.7 Å². The van der Waals surface area contributed by atoms with Crippen LogP contribution in [0.5, 0.6) is 0 Å². The number of carbonyl (C=O) groups is 2. The standard InChI is InChI=1S/C63H111N2O7P/c1-7-10-13-16-19-22-25-27-29-31-32-34-36-38-41-44-47-50-53-56-63(67)72-61(54-51-48-45-42-39-24-21-18-15-12-9-3)60(59-71-73(68,69)70-58-57-65(4,5)6)64-62(66)55-52-49-46-43-40-37-35-33-30-28-26-23-20-17-14-11-8-2/h19-20,22-23,27-30,32,34-35,37,43,46,51,54,60-61H,7-18,21,24-26,31,33,36,38-42,44-45,47-50,52-53,55-59H2,1-6H3,(H-,64,66,68,69)/p+1/b22-19-,23-20-,29-27-,30-28-,34-32-,37-35-,46-43-,54-51+. The maximum atomic E-state index is 13.5. The van der Waals surface area contributed by atoms with E-state index < -0.39 is 20.0 Å². The van der Waals surface area contributed by atoms with Crippen molar-refractivity contribution in [3.63, 3.8) is 0 Å². The number of likely N-dealkylation sites (N-methyl/N-ethyl adjacent to an activating group) is 1. The number of phosphoric acid groups is 1. The monoisotopic (exact) mass is 1040 g/mol. The molecule has 10 heteroatoms. The van der Waals surface area contributed by atoms with Crippen LogP contribution in [0.1, 0.15) is 239 Å². The van der Waals surface area contributed by atoms with Gasteiger partial charge in [-0.25, -0.2) is 4.57 Å². The summed E-state index contributed by atoms with van der Waals surface area (Å²) in [4.78, 5) is 37.6. The van der Waals surface area contributed by atoms with E-state index >= 15 is 0 Å². The van der Waals surface area contributed by atoms with Crippen LogP contribution in [-0.2, 0) is 27.9 Å². The number of allylic oxidation sites excluding steroid dienone is 15. The zero-order valence-corrected chi connectivity index (χ0v) is 48.7. The summed E-state index contributed by atoms with van der Waals surface area (Å²) < 4.78 is 30.6. The minimum atomic E-state index is -4.47. The summed E-state index contributed by atoms with van der Waals surface area (Å²) in [5, 5.41) is 3.01. The van der Waals surface area contributed by atoms with Crippen molar-refractivity contribution in [2.45, 2.75) is 251 Å². The van der Waals surface area contributed by atoms with Crippen molar-refractivity contribution in [1.29, 1.82) is 0 Å². The number of amides is 1. The summed E-state index contributed by atoms with van der Waals surface area (Å²) in [7, 11) is 1.44. The Hall–Kier alpha value is -3.07. The number of phosphoric ester groups is 1. The molecule has 0 heterocycles. The first-order valence-electron chi connectivity index (χ1n) is 29.6. The first kappa shape index (κ1) is 69.9. The second-order valence-corrected chi connectivity index (χ2v) is 22.3. The molecule has 0 aliphatic heterocycles. The number of hydrogen-bond donors (Lipinski definition) is 2. The van der Waals surface area contributed by atoms with E-state index in [0.29, 0.717) is 23.9 Å². The number of ether oxygens (including phenoxy) is 1. The normalized spacial score (nSPS) is 14.5. The number of nitrogens with zero attached hydrogens (tertiary/aromatic N) is 1. The third-order valence-electron chi connectivity index (χ3n) is 12.5. The molecule has 0 saturated heterocycles. The molecule has 0 bridgehead atoms. The number of rotatable bonds is 52. The van der Waals surface area contributed by atoms with E-state index in [2.05, 4.69) is 111 Å². The quantitative estimate of drug-likeness (QED) is 0.0205. The highest BCUT2D eigenvalue weighted by molar-refractivity contribution is 7.47. The first-order valence-corrected chi connectivity index (χ1v) is 31.1. The molecule has 1 amide bonds. The predicted molar refractivity (Wildman–Crippen MR) is 314 cm³/mol. The average Bonchev–Trinajstić information content (AvgIpc) is 3.35. The molecule has 0 spiro atoms. The molecular weight excluding hydrogens is 928 g/mol. The Morgan fingerprint density at radius 3 is 1.30 bits per heavy atom. The number of nitrogens with one attached hydrogen (secondary N) is 1. The molecule has 73 heavy (non-hydrogen) atoms. The maximum Gasteiger partial charge on any atom is 0.472 e. The fraction of sp³-hybridized carbons (Fsp3) is 0.714. The van der Waals surface area contributed by atoms with Gasteiger partial charge in [0.25, 0.3) is 0 Å². The molecular formula is C63H112N2O7P+. The first-order chi connectivity index (χ1) is 35.4. The molecule has 0 aliphatic rings. The van der Waals surface area contributed by atoms with Crippen LogP contribution >= 0.6 is 7.82 Å². The van der Waals surface area contributed by atoms with E-state index in [1.807, 2.05) is 33.3 Å². The summed E-state index contributed by atoms with van der Waals surface area (Å²) in [6.07, 6.45) is 69.8. The van der Waals surface area contributed by atoms with E-state index in [-0.39, 0.29) is 37.9 Å². The van der Waals surface area contributed by atoms with Crippen molar-refractivity contribution in [2.75, 3.05) is 40.9 Å². The van der Waals surface area contributed by atoms with Crippen LogP contribution < -0.4 is 5.32 Å². The van der Waals surface area contributed by atoms with Crippen LogP contribution in [0.15, 0.2) is 97.2 Å². The molecule has 3 atom stereocenters. The van der Waals surface area contributed by atoms with E-state index in [1.54, 1.807) is 0 Å². The van der Waals surface area contributed by atoms with Gasteiger partial charge in [-0.15, -0.1) is 0 Å². The van der Waals surface area contributed by atoms with Crippen molar-refractivity contribution < 1.29 is 37.3 Å². The van der Waals surface area contributed by atoms with Crippen molar-refractivity contribution in [3.05, 3.63) is 97.2 Å². The Kier molecular flexibility index (Phi) is 50.2. The molecule has 2 N–H and O–H groups in total. The smallest absolute Gasteiger partial charge is 0.456 e. The third kappa shape index (κ3) is 53.6. The Labute approximate surface area is 449 Å². The molecule has 3 unspecified atom stereocenters. The van der Waals surface area contributed by atoms with Gasteiger partial charge in [-0.05, 0) is 109 Å². The topological polar surface area (TPSA) is 111 Å². The number of esters is 1. The van der Waals surface area contributed by atoms with Gasteiger partial charge in [-0.1, -0.05) is 215 Å². The molecule has 0 saturated carbocycles. The number of hydrogen-bond acceptors (Lipinski definition) is 6. The van der Waals surface area contributed by atoms with E-state index in [0.717, 1.165) is 96.3 Å². The highest BCUT2D eigenvalue weighted by Gasteiger charge is 2.30. The molecule has 0 aromatic carbocycles. The van der Waals surface area contributed by atoms with E-state index in [9.17, 15) is 19.0 Å². The fourth-order valence-corrected chi connectivity index (χ4v) is 8.61. The number of quaternary nitrogens is 1. The summed E-state index contributed by atoms with van der Waals surface area (Å²) in [5.41, 5.74) is 0. The zero-order chi connectivity index (χ0) is 53.6. The predicted octanol–water partition coefficient (Wildman–Crippen LogP) is 18.0. The Morgan fingerprint density at radius 1 is 0.479 bits per heavy atom. The Balaban J connectivity index is 5.40. The minimum absolute atomic E-state index is 0.0233. The van der Waals surface area contributed by atoms with Gasteiger partial charge >= 0.3 is 13.8 Å². The lowest BCUT2D eigenvalue weighted by Gasteiger charge is -2.27. The van der Waals surface area contributed by atoms with Crippen molar-refractivity contribution in [2.24, 2.45) is 0 Å². The van der Waals surface area contributed by atoms with Gasteiger partial charge in [-0.2, -0.15) is 0 Å². The minimum Gasteiger partial charge on any atom is -0.456 e. The highest BCUT2D eigenvalue weighted by atomic mass is 31.2. The van der Waals surface area contributed by atoms with Gasteiger partial charge in [0.15, 0.2) is 0 Å². The average molecular weight is 1040 g/mol. The van der Waals surface area contributed by atoms with Crippen LogP contribution in [0.2, 0.25) is 0 Å². The Bertz CT molecular complexity index is 1570. The molecule has 0 aromatic heterocycles. The van der Waals surface area contributed by atoms with E-state index in [4.69, 9.17) is 13.8 Å². The number of carbonyl (C=O) groups excluding carboxylic acids is 2.